The number of halogens is 1. The van der Waals surface area contributed by atoms with E-state index in [1.54, 1.807) is 0 Å². The van der Waals surface area contributed by atoms with Gasteiger partial charge in [-0.3, -0.25) is 10.1 Å². The van der Waals surface area contributed by atoms with E-state index < -0.39 is 0 Å². The molecule has 1 amide bonds. The molecule has 3 N–H and O–H groups in total. The van der Waals surface area contributed by atoms with Gasteiger partial charge in [0.25, 0.3) is 0 Å². The van der Waals surface area contributed by atoms with Crippen LogP contribution >= 0.6 is 11.6 Å². The second kappa shape index (κ2) is 6.51. The van der Waals surface area contributed by atoms with Crippen molar-refractivity contribution in [1.82, 2.24) is 9.97 Å². The first-order chi connectivity index (χ1) is 8.47. The Labute approximate surface area is 111 Å². The topological polar surface area (TPSA) is 90.1 Å². The minimum absolute atomic E-state index is 0.114. The third-order valence-electron chi connectivity index (χ3n) is 2.51. The average Bonchev–Trinajstić information content (AvgIpc) is 2.28. The Morgan fingerprint density at radius 2 is 2.22 bits per heavy atom. The van der Waals surface area contributed by atoms with Gasteiger partial charge in [0.2, 0.25) is 17.7 Å². The normalized spacial score (nSPS) is 12.3. The van der Waals surface area contributed by atoms with Crippen LogP contribution < -0.4 is 15.8 Å². The van der Waals surface area contributed by atoms with Crippen LogP contribution in [0.4, 0.5) is 5.95 Å². The number of hydrogen-bond donors (Lipinski definition) is 2. The highest BCUT2D eigenvalue weighted by atomic mass is 35.5. The molecule has 7 heteroatoms. The number of carbonyl (C=O) groups is 1. The van der Waals surface area contributed by atoms with Crippen LogP contribution in [0.1, 0.15) is 13.8 Å². The molecule has 0 radical (unpaired) electrons. The molecule has 18 heavy (non-hydrogen) atoms. The van der Waals surface area contributed by atoms with E-state index in [2.05, 4.69) is 15.3 Å². The van der Waals surface area contributed by atoms with Crippen molar-refractivity contribution in [2.24, 2.45) is 17.6 Å². The van der Waals surface area contributed by atoms with E-state index in [-0.39, 0.29) is 35.4 Å². The fraction of sp³-hybridized carbons (Fsp3) is 0.545. The summed E-state index contributed by atoms with van der Waals surface area (Å²) in [5.41, 5.74) is 5.56. The molecule has 0 saturated carbocycles. The number of methoxy groups -OCH3 is 1. The Hall–Kier alpha value is -1.40. The average molecular weight is 273 g/mol. The maximum atomic E-state index is 11.9. The van der Waals surface area contributed by atoms with Crippen molar-refractivity contribution < 1.29 is 9.53 Å². The first kappa shape index (κ1) is 14.7. The van der Waals surface area contributed by atoms with Crippen LogP contribution in [0.3, 0.4) is 0 Å². The molecule has 0 bridgehead atoms. The van der Waals surface area contributed by atoms with Gasteiger partial charge in [0.15, 0.2) is 0 Å². The summed E-state index contributed by atoms with van der Waals surface area (Å²) in [4.78, 5) is 19.8. The van der Waals surface area contributed by atoms with E-state index >= 15 is 0 Å². The molecule has 1 aromatic rings. The van der Waals surface area contributed by atoms with Gasteiger partial charge in [-0.15, -0.1) is 0 Å². The van der Waals surface area contributed by atoms with Crippen LogP contribution in [0.2, 0.25) is 5.15 Å². The molecule has 0 saturated heterocycles. The molecule has 1 heterocycles. The lowest BCUT2D eigenvalue weighted by molar-refractivity contribution is -0.120. The van der Waals surface area contributed by atoms with Gasteiger partial charge < -0.3 is 10.5 Å². The van der Waals surface area contributed by atoms with Crippen molar-refractivity contribution in [3.8, 4) is 5.88 Å². The molecular formula is C11H17ClN4O2. The third kappa shape index (κ3) is 3.82. The summed E-state index contributed by atoms with van der Waals surface area (Å²) in [5.74, 6) is 0.0223. The highest BCUT2D eigenvalue weighted by Gasteiger charge is 2.21. The molecule has 0 spiro atoms. The van der Waals surface area contributed by atoms with Crippen LogP contribution in [0.5, 0.6) is 5.88 Å². The zero-order chi connectivity index (χ0) is 13.7. The molecule has 0 fully saturated rings. The third-order valence-corrected chi connectivity index (χ3v) is 2.70. The van der Waals surface area contributed by atoms with Gasteiger partial charge in [-0.25, -0.2) is 4.98 Å². The van der Waals surface area contributed by atoms with Crippen LogP contribution in [0, 0.1) is 11.8 Å². The number of anilines is 1. The zero-order valence-electron chi connectivity index (χ0n) is 10.6. The number of nitrogens with two attached hydrogens (primary N) is 1. The number of carbonyl (C=O) groups excluding carboxylic acids is 1. The van der Waals surface area contributed by atoms with Crippen LogP contribution in [0.25, 0.3) is 0 Å². The lowest BCUT2D eigenvalue weighted by Crippen LogP contribution is -2.33. The molecule has 1 rings (SSSR count). The smallest absolute Gasteiger partial charge is 0.234 e. The van der Waals surface area contributed by atoms with Gasteiger partial charge in [-0.1, -0.05) is 25.4 Å². The highest BCUT2D eigenvalue weighted by Crippen LogP contribution is 2.17. The predicted molar refractivity (Wildman–Crippen MR) is 69.6 cm³/mol. The summed E-state index contributed by atoms with van der Waals surface area (Å²) in [6.45, 7) is 4.12. The van der Waals surface area contributed by atoms with E-state index in [1.165, 1.54) is 13.2 Å². The van der Waals surface area contributed by atoms with Gasteiger partial charge in [0.1, 0.15) is 5.15 Å². The van der Waals surface area contributed by atoms with Gasteiger partial charge in [0.05, 0.1) is 13.0 Å². The Morgan fingerprint density at radius 3 is 2.72 bits per heavy atom. The summed E-state index contributed by atoms with van der Waals surface area (Å²) >= 11 is 5.78. The predicted octanol–water partition coefficient (Wildman–Crippen LogP) is 1.31. The molecule has 1 unspecified atom stereocenters. The van der Waals surface area contributed by atoms with Crippen molar-refractivity contribution in [2.45, 2.75) is 13.8 Å². The molecule has 1 atom stereocenters. The van der Waals surface area contributed by atoms with Gasteiger partial charge in [-0.05, 0) is 5.92 Å². The summed E-state index contributed by atoms with van der Waals surface area (Å²) in [6, 6.07) is 1.46. The molecule has 100 valence electrons. The van der Waals surface area contributed by atoms with E-state index in [9.17, 15) is 4.79 Å². The lowest BCUT2D eigenvalue weighted by Gasteiger charge is -2.17. The van der Waals surface area contributed by atoms with Gasteiger partial charge >= 0.3 is 0 Å². The Bertz CT molecular complexity index is 426. The van der Waals surface area contributed by atoms with Crippen molar-refractivity contribution in [3.63, 3.8) is 0 Å². The largest absolute Gasteiger partial charge is 0.481 e. The van der Waals surface area contributed by atoms with E-state index in [1.807, 2.05) is 13.8 Å². The van der Waals surface area contributed by atoms with E-state index in [0.29, 0.717) is 5.88 Å². The number of rotatable bonds is 5. The Kier molecular flexibility index (Phi) is 5.30. The second-order valence-corrected chi connectivity index (χ2v) is 4.52. The summed E-state index contributed by atoms with van der Waals surface area (Å²) < 4.78 is 4.94. The van der Waals surface area contributed by atoms with E-state index in [4.69, 9.17) is 22.1 Å². The fourth-order valence-corrected chi connectivity index (χ4v) is 1.62. The van der Waals surface area contributed by atoms with Crippen LogP contribution in [-0.2, 0) is 4.79 Å². The molecule has 6 nitrogen and oxygen atoms in total. The standard InChI is InChI=1S/C11H17ClN4O2/c1-6(2)7(5-13)10(17)16-11-14-8(12)4-9(15-11)18-3/h4,6-7H,5,13H2,1-3H3,(H,14,15,16,17). The molecular weight excluding hydrogens is 256 g/mol. The lowest BCUT2D eigenvalue weighted by atomic mass is 9.95. The molecule has 0 aliphatic heterocycles. The number of amides is 1. The minimum Gasteiger partial charge on any atom is -0.481 e. The van der Waals surface area contributed by atoms with Crippen molar-refractivity contribution in [2.75, 3.05) is 19.0 Å². The quantitative estimate of drug-likeness (QED) is 0.789. The molecule has 1 aromatic heterocycles. The Morgan fingerprint density at radius 1 is 1.56 bits per heavy atom. The van der Waals surface area contributed by atoms with Crippen LogP contribution in [-0.4, -0.2) is 29.5 Å². The molecule has 0 aliphatic carbocycles. The molecule has 0 aliphatic rings. The van der Waals surface area contributed by atoms with Crippen molar-refractivity contribution in [3.05, 3.63) is 11.2 Å². The van der Waals surface area contributed by atoms with Crippen molar-refractivity contribution >= 4 is 23.5 Å². The van der Waals surface area contributed by atoms with Crippen molar-refractivity contribution in [1.29, 1.82) is 0 Å². The number of nitrogens with one attached hydrogen (secondary N) is 1. The maximum Gasteiger partial charge on any atom is 0.234 e. The summed E-state index contributed by atoms with van der Waals surface area (Å²) in [7, 11) is 1.46. The summed E-state index contributed by atoms with van der Waals surface area (Å²) in [5, 5.41) is 2.78. The van der Waals surface area contributed by atoms with Crippen LogP contribution in [0.15, 0.2) is 6.07 Å². The SMILES string of the molecule is COc1cc(Cl)nc(NC(=O)C(CN)C(C)C)n1. The first-order valence-electron chi connectivity index (χ1n) is 5.57. The van der Waals surface area contributed by atoms with Gasteiger partial charge in [0, 0.05) is 12.6 Å². The zero-order valence-corrected chi connectivity index (χ0v) is 11.4. The number of nitrogens with zero attached hydrogens (tertiary/aromatic N) is 2. The Balaban J connectivity index is 2.84. The number of aromatic nitrogens is 2. The summed E-state index contributed by atoms with van der Waals surface area (Å²) in [6.07, 6.45) is 0. The maximum absolute atomic E-state index is 11.9. The van der Waals surface area contributed by atoms with Gasteiger partial charge in [-0.2, -0.15) is 4.98 Å². The molecule has 0 aromatic carbocycles. The number of hydrogen-bond acceptors (Lipinski definition) is 5. The minimum atomic E-state index is -0.293. The first-order valence-corrected chi connectivity index (χ1v) is 5.95. The second-order valence-electron chi connectivity index (χ2n) is 4.13. The fourth-order valence-electron chi connectivity index (χ4n) is 1.44. The number of ether oxygens (including phenoxy) is 1. The monoisotopic (exact) mass is 272 g/mol. The highest BCUT2D eigenvalue weighted by molar-refractivity contribution is 6.29. The van der Waals surface area contributed by atoms with E-state index in [0.717, 1.165) is 0 Å².